The van der Waals surface area contributed by atoms with Gasteiger partial charge in [0.1, 0.15) is 5.58 Å². The smallest absolute Gasteiger partial charge is 0.291 e. The Labute approximate surface area is 125 Å². The number of hydrogen-bond donors (Lipinski definition) is 1. The summed E-state index contributed by atoms with van der Waals surface area (Å²) >= 11 is 5.90. The normalized spacial score (nSPS) is 10.6. The molecule has 3 aromatic rings. The molecule has 1 N–H and O–H groups in total. The number of carbonyl (C=O) groups is 1. The minimum Gasteiger partial charge on any atom is -0.481 e. The molecule has 0 fully saturated rings. The van der Waals surface area contributed by atoms with Crippen molar-refractivity contribution in [2.24, 2.45) is 0 Å². The van der Waals surface area contributed by atoms with Crippen LogP contribution < -0.4 is 10.1 Å². The summed E-state index contributed by atoms with van der Waals surface area (Å²) in [5, 5.41) is 4.07. The van der Waals surface area contributed by atoms with Crippen molar-refractivity contribution >= 4 is 34.2 Å². The highest BCUT2D eigenvalue weighted by Gasteiger charge is 2.13. The van der Waals surface area contributed by atoms with E-state index in [0.717, 1.165) is 5.39 Å². The van der Waals surface area contributed by atoms with E-state index in [4.69, 9.17) is 20.8 Å². The molecule has 5 nitrogen and oxygen atoms in total. The van der Waals surface area contributed by atoms with Gasteiger partial charge in [-0.15, -0.1) is 0 Å². The zero-order chi connectivity index (χ0) is 14.8. The van der Waals surface area contributed by atoms with Gasteiger partial charge in [-0.05, 0) is 30.3 Å². The summed E-state index contributed by atoms with van der Waals surface area (Å²) in [5.41, 5.74) is 1.16. The standard InChI is InChI=1S/C15H11ClN2O3/c1-20-14-5-3-11(8-17-14)18-15(19)13-7-9-6-10(16)2-4-12(9)21-13/h2-8H,1H3,(H,18,19). The molecule has 0 aliphatic rings. The Balaban J connectivity index is 1.82. The number of nitrogens with one attached hydrogen (secondary N) is 1. The van der Waals surface area contributed by atoms with E-state index in [1.54, 1.807) is 36.4 Å². The molecule has 0 saturated carbocycles. The highest BCUT2D eigenvalue weighted by Crippen LogP contribution is 2.23. The number of rotatable bonds is 3. The molecule has 2 heterocycles. The predicted molar refractivity (Wildman–Crippen MR) is 80.0 cm³/mol. The van der Waals surface area contributed by atoms with Crippen LogP contribution >= 0.6 is 11.6 Å². The Kier molecular flexibility index (Phi) is 3.50. The molecule has 0 saturated heterocycles. The molecule has 0 aliphatic carbocycles. The van der Waals surface area contributed by atoms with E-state index in [-0.39, 0.29) is 11.7 Å². The van der Waals surface area contributed by atoms with E-state index in [0.29, 0.717) is 22.2 Å². The van der Waals surface area contributed by atoms with Gasteiger partial charge in [-0.25, -0.2) is 4.98 Å². The highest BCUT2D eigenvalue weighted by atomic mass is 35.5. The molecule has 21 heavy (non-hydrogen) atoms. The van der Waals surface area contributed by atoms with Crippen LogP contribution in [0.5, 0.6) is 5.88 Å². The van der Waals surface area contributed by atoms with Gasteiger partial charge in [-0.2, -0.15) is 0 Å². The summed E-state index contributed by atoms with van der Waals surface area (Å²) in [6, 6.07) is 10.2. The zero-order valence-corrected chi connectivity index (χ0v) is 11.8. The number of aromatic nitrogens is 1. The van der Waals surface area contributed by atoms with E-state index >= 15 is 0 Å². The number of carbonyl (C=O) groups excluding carboxylic acids is 1. The maximum Gasteiger partial charge on any atom is 0.291 e. The summed E-state index contributed by atoms with van der Waals surface area (Å²) in [6.07, 6.45) is 1.51. The fraction of sp³-hybridized carbons (Fsp3) is 0.0667. The minimum atomic E-state index is -0.353. The van der Waals surface area contributed by atoms with Gasteiger partial charge in [-0.1, -0.05) is 11.6 Å². The summed E-state index contributed by atoms with van der Waals surface area (Å²) in [6.45, 7) is 0. The van der Waals surface area contributed by atoms with E-state index in [9.17, 15) is 4.79 Å². The van der Waals surface area contributed by atoms with Gasteiger partial charge in [0.05, 0.1) is 19.0 Å². The third-order valence-electron chi connectivity index (χ3n) is 2.91. The Morgan fingerprint density at radius 2 is 2.14 bits per heavy atom. The van der Waals surface area contributed by atoms with Crippen LogP contribution in [-0.2, 0) is 0 Å². The Hall–Kier alpha value is -2.53. The predicted octanol–water partition coefficient (Wildman–Crippen LogP) is 3.74. The maximum absolute atomic E-state index is 12.1. The number of halogens is 1. The number of furan rings is 1. The molecule has 1 amide bonds. The van der Waals surface area contributed by atoms with E-state index in [1.165, 1.54) is 13.3 Å². The summed E-state index contributed by atoms with van der Waals surface area (Å²) in [5.74, 6) is 0.337. The quantitative estimate of drug-likeness (QED) is 0.800. The Morgan fingerprint density at radius 1 is 1.29 bits per heavy atom. The highest BCUT2D eigenvalue weighted by molar-refractivity contribution is 6.31. The molecule has 1 aromatic carbocycles. The van der Waals surface area contributed by atoms with Crippen LogP contribution in [0.2, 0.25) is 5.02 Å². The lowest BCUT2D eigenvalue weighted by Crippen LogP contribution is -2.10. The van der Waals surface area contributed by atoms with Gasteiger partial charge in [0.15, 0.2) is 5.76 Å². The topological polar surface area (TPSA) is 64.4 Å². The zero-order valence-electron chi connectivity index (χ0n) is 11.1. The number of amides is 1. The third kappa shape index (κ3) is 2.83. The largest absolute Gasteiger partial charge is 0.481 e. The lowest BCUT2D eigenvalue weighted by atomic mass is 10.2. The lowest BCUT2D eigenvalue weighted by Gasteiger charge is -2.03. The average Bonchev–Trinajstić information content (AvgIpc) is 2.91. The molecule has 6 heteroatoms. The van der Waals surface area contributed by atoms with Gasteiger partial charge >= 0.3 is 0 Å². The maximum atomic E-state index is 12.1. The first-order chi connectivity index (χ1) is 10.2. The first-order valence-electron chi connectivity index (χ1n) is 6.16. The minimum absolute atomic E-state index is 0.211. The monoisotopic (exact) mass is 302 g/mol. The van der Waals surface area contributed by atoms with Gasteiger partial charge in [0, 0.05) is 16.5 Å². The van der Waals surface area contributed by atoms with Crippen molar-refractivity contribution in [1.29, 1.82) is 0 Å². The summed E-state index contributed by atoms with van der Waals surface area (Å²) in [7, 11) is 1.53. The Bertz CT molecular complexity index is 796. The van der Waals surface area contributed by atoms with E-state index in [2.05, 4.69) is 10.3 Å². The molecular formula is C15H11ClN2O3. The number of ether oxygens (including phenoxy) is 1. The van der Waals surface area contributed by atoms with Crippen LogP contribution in [0.15, 0.2) is 47.0 Å². The van der Waals surface area contributed by atoms with E-state index < -0.39 is 0 Å². The first kappa shape index (κ1) is 13.5. The summed E-state index contributed by atoms with van der Waals surface area (Å²) < 4.78 is 10.4. The molecule has 0 aliphatic heterocycles. The third-order valence-corrected chi connectivity index (χ3v) is 3.14. The molecule has 0 radical (unpaired) electrons. The van der Waals surface area contributed by atoms with Gasteiger partial charge in [0.2, 0.25) is 5.88 Å². The molecule has 0 atom stereocenters. The van der Waals surface area contributed by atoms with Crippen LogP contribution in [0.3, 0.4) is 0 Å². The van der Waals surface area contributed by atoms with Gasteiger partial charge in [-0.3, -0.25) is 4.79 Å². The van der Waals surface area contributed by atoms with Crippen LogP contribution in [0.25, 0.3) is 11.0 Å². The fourth-order valence-corrected chi connectivity index (χ4v) is 2.07. The number of fused-ring (bicyclic) bond motifs is 1. The molecular weight excluding hydrogens is 292 g/mol. The van der Waals surface area contributed by atoms with Gasteiger partial charge < -0.3 is 14.5 Å². The van der Waals surface area contributed by atoms with Crippen molar-refractivity contribution in [1.82, 2.24) is 4.98 Å². The molecule has 3 rings (SSSR count). The average molecular weight is 303 g/mol. The van der Waals surface area contributed by atoms with Crippen molar-refractivity contribution in [2.45, 2.75) is 0 Å². The lowest BCUT2D eigenvalue weighted by molar-refractivity contribution is 0.0998. The second-order valence-corrected chi connectivity index (χ2v) is 4.77. The number of hydrogen-bond acceptors (Lipinski definition) is 4. The molecule has 106 valence electrons. The molecule has 2 aromatic heterocycles. The van der Waals surface area contributed by atoms with Gasteiger partial charge in [0.25, 0.3) is 5.91 Å². The van der Waals surface area contributed by atoms with E-state index in [1.807, 2.05) is 0 Å². The van der Waals surface area contributed by atoms with Crippen LogP contribution in [0.4, 0.5) is 5.69 Å². The number of nitrogens with zero attached hydrogens (tertiary/aromatic N) is 1. The van der Waals surface area contributed by atoms with Crippen molar-refractivity contribution < 1.29 is 13.9 Å². The SMILES string of the molecule is COc1ccc(NC(=O)c2cc3cc(Cl)ccc3o2)cn1. The first-order valence-corrected chi connectivity index (χ1v) is 6.54. The second kappa shape index (κ2) is 5.46. The number of methoxy groups -OCH3 is 1. The number of anilines is 1. The number of benzene rings is 1. The van der Waals surface area contributed by atoms with Crippen LogP contribution in [0.1, 0.15) is 10.6 Å². The van der Waals surface area contributed by atoms with Crippen molar-refractivity contribution in [3.05, 3.63) is 53.4 Å². The molecule has 0 unspecified atom stereocenters. The second-order valence-electron chi connectivity index (χ2n) is 4.34. The van der Waals surface area contributed by atoms with Crippen LogP contribution in [-0.4, -0.2) is 18.0 Å². The van der Waals surface area contributed by atoms with Crippen molar-refractivity contribution in [3.63, 3.8) is 0 Å². The molecule has 0 spiro atoms. The Morgan fingerprint density at radius 3 is 2.86 bits per heavy atom. The van der Waals surface area contributed by atoms with Crippen molar-refractivity contribution in [2.75, 3.05) is 12.4 Å². The van der Waals surface area contributed by atoms with Crippen molar-refractivity contribution in [3.8, 4) is 5.88 Å². The fourth-order valence-electron chi connectivity index (χ4n) is 1.89. The number of pyridine rings is 1. The summed E-state index contributed by atoms with van der Waals surface area (Å²) in [4.78, 5) is 16.1. The van der Waals surface area contributed by atoms with Crippen LogP contribution in [0, 0.1) is 0 Å². The molecule has 0 bridgehead atoms.